The summed E-state index contributed by atoms with van der Waals surface area (Å²) < 4.78 is 58.2. The molecule has 3 nitrogen and oxygen atoms in total. The van der Waals surface area contributed by atoms with Crippen LogP contribution in [-0.2, 0) is 15.1 Å². The third-order valence-corrected chi connectivity index (χ3v) is 4.21. The maximum absolute atomic E-state index is 14.1. The molecule has 0 aromatic heterocycles. The van der Waals surface area contributed by atoms with Gasteiger partial charge in [0.2, 0.25) is 5.91 Å². The van der Waals surface area contributed by atoms with Gasteiger partial charge in [-0.3, -0.25) is 4.79 Å². The van der Waals surface area contributed by atoms with E-state index in [-0.39, 0.29) is 30.9 Å². The molecule has 114 valence electrons. The van der Waals surface area contributed by atoms with Crippen molar-refractivity contribution in [3.05, 3.63) is 35.6 Å². The van der Waals surface area contributed by atoms with Crippen molar-refractivity contribution in [2.24, 2.45) is 5.92 Å². The minimum Gasteiger partial charge on any atom is -0.366 e. The Kier molecular flexibility index (Phi) is 3.20. The zero-order chi connectivity index (χ0) is 15.3. The fourth-order valence-corrected chi connectivity index (χ4v) is 3.32. The van der Waals surface area contributed by atoms with E-state index in [1.54, 1.807) is 0 Å². The first kappa shape index (κ1) is 14.3. The van der Waals surface area contributed by atoms with Crippen molar-refractivity contribution >= 4 is 5.91 Å². The molecule has 0 bridgehead atoms. The monoisotopic (exact) mass is 303 g/mol. The van der Waals surface area contributed by atoms with Gasteiger partial charge < -0.3 is 10.1 Å². The second kappa shape index (κ2) is 4.69. The largest absolute Gasteiger partial charge is 0.414 e. The van der Waals surface area contributed by atoms with Gasteiger partial charge in [-0.2, -0.15) is 13.2 Å². The van der Waals surface area contributed by atoms with Gasteiger partial charge in [-0.15, -0.1) is 0 Å². The first-order valence-corrected chi connectivity index (χ1v) is 6.59. The van der Waals surface area contributed by atoms with Crippen LogP contribution in [0.3, 0.4) is 0 Å². The van der Waals surface area contributed by atoms with Crippen LogP contribution in [0.5, 0.6) is 0 Å². The highest BCUT2D eigenvalue weighted by molar-refractivity contribution is 5.78. The predicted octanol–water partition coefficient (Wildman–Crippen LogP) is 2.51. The Balaban J connectivity index is 2.08. The molecule has 1 amide bonds. The number of ether oxygens (including phenoxy) is 1. The topological polar surface area (TPSA) is 38.3 Å². The van der Waals surface area contributed by atoms with Gasteiger partial charge in [0.25, 0.3) is 0 Å². The van der Waals surface area contributed by atoms with E-state index in [1.807, 2.05) is 0 Å². The minimum atomic E-state index is -4.54. The SMILES string of the molecule is O=C1CC[C@@H]2[C@@H](C(F)(F)F)OC[C@]2(c2ccccc2F)N1. The Bertz CT molecular complexity index is 574. The minimum absolute atomic E-state index is 0.0171. The van der Waals surface area contributed by atoms with E-state index in [9.17, 15) is 22.4 Å². The van der Waals surface area contributed by atoms with Crippen molar-refractivity contribution in [2.75, 3.05) is 6.61 Å². The van der Waals surface area contributed by atoms with Gasteiger partial charge in [0, 0.05) is 17.9 Å². The molecule has 2 saturated heterocycles. The van der Waals surface area contributed by atoms with Crippen LogP contribution < -0.4 is 5.32 Å². The zero-order valence-electron chi connectivity index (χ0n) is 10.9. The number of hydrogen-bond acceptors (Lipinski definition) is 2. The Labute approximate surface area is 118 Å². The molecule has 7 heteroatoms. The molecule has 0 radical (unpaired) electrons. The molecule has 0 aliphatic carbocycles. The van der Waals surface area contributed by atoms with Crippen LogP contribution in [0.4, 0.5) is 17.6 Å². The summed E-state index contributed by atoms with van der Waals surface area (Å²) in [5.41, 5.74) is -1.39. The van der Waals surface area contributed by atoms with E-state index in [1.165, 1.54) is 24.3 Å². The number of amides is 1. The van der Waals surface area contributed by atoms with E-state index in [0.717, 1.165) is 0 Å². The molecule has 0 saturated carbocycles. The van der Waals surface area contributed by atoms with Gasteiger partial charge in [0.05, 0.1) is 12.1 Å². The van der Waals surface area contributed by atoms with Gasteiger partial charge in [0.15, 0.2) is 6.10 Å². The fourth-order valence-electron chi connectivity index (χ4n) is 3.32. The third kappa shape index (κ3) is 2.19. The maximum atomic E-state index is 14.1. The van der Waals surface area contributed by atoms with Crippen LogP contribution in [0.1, 0.15) is 18.4 Å². The van der Waals surface area contributed by atoms with Gasteiger partial charge in [-0.1, -0.05) is 18.2 Å². The molecule has 1 N–H and O–H groups in total. The molecule has 3 atom stereocenters. The van der Waals surface area contributed by atoms with Gasteiger partial charge >= 0.3 is 6.18 Å². The van der Waals surface area contributed by atoms with Crippen LogP contribution in [0.2, 0.25) is 0 Å². The Morgan fingerprint density at radius 2 is 2.00 bits per heavy atom. The molecule has 0 spiro atoms. The van der Waals surface area contributed by atoms with Crippen molar-refractivity contribution in [1.82, 2.24) is 5.32 Å². The number of halogens is 4. The van der Waals surface area contributed by atoms with Gasteiger partial charge in [0.1, 0.15) is 5.82 Å². The standard InChI is InChI=1S/C14H13F4NO2/c15-10-4-2-1-3-8(10)13-7-21-12(14(16,17)18)9(13)5-6-11(20)19-13/h1-4,9,12H,5-7H2,(H,19,20)/t9-,12+,13-/m1/s1. The van der Waals surface area contributed by atoms with Gasteiger partial charge in [-0.05, 0) is 12.5 Å². The zero-order valence-corrected chi connectivity index (χ0v) is 10.9. The number of alkyl halides is 3. The summed E-state index contributed by atoms with van der Waals surface area (Å²) in [6, 6.07) is 5.55. The first-order valence-electron chi connectivity index (χ1n) is 6.59. The highest BCUT2D eigenvalue weighted by atomic mass is 19.4. The molecule has 1 aromatic rings. The number of piperidine rings is 1. The van der Waals surface area contributed by atoms with Crippen molar-refractivity contribution in [2.45, 2.75) is 30.7 Å². The summed E-state index contributed by atoms with van der Waals surface area (Å²) >= 11 is 0. The van der Waals surface area contributed by atoms with Crippen LogP contribution in [0.15, 0.2) is 24.3 Å². The summed E-state index contributed by atoms with van der Waals surface area (Å²) in [5, 5.41) is 2.55. The molecule has 21 heavy (non-hydrogen) atoms. The normalized spacial score (nSPS) is 32.7. The molecule has 2 aliphatic rings. The molecule has 0 unspecified atom stereocenters. The molecular formula is C14H13F4NO2. The number of nitrogens with one attached hydrogen (secondary N) is 1. The second-order valence-corrected chi connectivity index (χ2v) is 5.42. The lowest BCUT2D eigenvalue weighted by molar-refractivity contribution is -0.218. The van der Waals surface area contributed by atoms with Crippen LogP contribution in [0, 0.1) is 11.7 Å². The molecule has 3 rings (SSSR count). The summed E-state index contributed by atoms with van der Waals surface area (Å²) in [6.45, 7) is -0.380. The first-order chi connectivity index (χ1) is 9.84. The Morgan fingerprint density at radius 1 is 1.29 bits per heavy atom. The third-order valence-electron chi connectivity index (χ3n) is 4.21. The Morgan fingerprint density at radius 3 is 2.67 bits per heavy atom. The maximum Gasteiger partial charge on any atom is 0.414 e. The van der Waals surface area contributed by atoms with Crippen LogP contribution in [0.25, 0.3) is 0 Å². The average Bonchev–Trinajstić information content (AvgIpc) is 2.78. The number of carbonyl (C=O) groups is 1. The number of carbonyl (C=O) groups excluding carboxylic acids is 1. The number of benzene rings is 1. The van der Waals surface area contributed by atoms with Crippen molar-refractivity contribution in [3.8, 4) is 0 Å². The summed E-state index contributed by atoms with van der Waals surface area (Å²) in [4.78, 5) is 11.7. The summed E-state index contributed by atoms with van der Waals surface area (Å²) in [7, 11) is 0. The molecule has 1 aromatic carbocycles. The van der Waals surface area contributed by atoms with Crippen molar-refractivity contribution < 1.29 is 27.1 Å². The lowest BCUT2D eigenvalue weighted by Crippen LogP contribution is -2.57. The number of fused-ring (bicyclic) bond motifs is 1. The average molecular weight is 303 g/mol. The van der Waals surface area contributed by atoms with E-state index in [4.69, 9.17) is 4.74 Å². The van der Waals surface area contributed by atoms with Crippen molar-refractivity contribution in [1.29, 1.82) is 0 Å². The smallest absolute Gasteiger partial charge is 0.366 e. The molecule has 2 fully saturated rings. The lowest BCUT2D eigenvalue weighted by Gasteiger charge is -2.40. The summed E-state index contributed by atoms with van der Waals surface area (Å²) in [5.74, 6) is -2.05. The van der Waals surface area contributed by atoms with Gasteiger partial charge in [-0.25, -0.2) is 4.39 Å². The Hall–Kier alpha value is -1.63. The fraction of sp³-hybridized carbons (Fsp3) is 0.500. The van der Waals surface area contributed by atoms with E-state index in [2.05, 4.69) is 5.32 Å². The number of hydrogen-bond donors (Lipinski definition) is 1. The quantitative estimate of drug-likeness (QED) is 0.810. The lowest BCUT2D eigenvalue weighted by atomic mass is 9.72. The summed E-state index contributed by atoms with van der Waals surface area (Å²) in [6.07, 6.45) is -6.53. The highest BCUT2D eigenvalue weighted by Crippen LogP contribution is 2.49. The van der Waals surface area contributed by atoms with E-state index >= 15 is 0 Å². The van der Waals surface area contributed by atoms with Crippen molar-refractivity contribution in [3.63, 3.8) is 0 Å². The van der Waals surface area contributed by atoms with Crippen LogP contribution in [-0.4, -0.2) is 24.8 Å². The van der Waals surface area contributed by atoms with Crippen LogP contribution >= 0.6 is 0 Å². The highest BCUT2D eigenvalue weighted by Gasteiger charge is 2.62. The van der Waals surface area contributed by atoms with E-state index in [0.29, 0.717) is 0 Å². The molecule has 2 heterocycles. The molecule has 2 aliphatic heterocycles. The van der Waals surface area contributed by atoms with E-state index < -0.39 is 29.6 Å². The molecular weight excluding hydrogens is 290 g/mol. The number of rotatable bonds is 1. The second-order valence-electron chi connectivity index (χ2n) is 5.42. The predicted molar refractivity (Wildman–Crippen MR) is 64.7 cm³/mol.